The summed E-state index contributed by atoms with van der Waals surface area (Å²) in [6, 6.07) is 4.78. The van der Waals surface area contributed by atoms with E-state index in [4.69, 9.17) is 11.6 Å². The van der Waals surface area contributed by atoms with Crippen LogP contribution in [0.15, 0.2) is 23.4 Å². The summed E-state index contributed by atoms with van der Waals surface area (Å²) >= 11 is 5.74. The predicted octanol–water partition coefficient (Wildman–Crippen LogP) is 1.12. The molecule has 7 heteroatoms. The zero-order valence-corrected chi connectivity index (χ0v) is 8.26. The summed E-state index contributed by atoms with van der Waals surface area (Å²) in [6.07, 6.45) is 0. The second-order valence-electron chi connectivity index (χ2n) is 2.63. The molecule has 0 spiro atoms. The molecule has 1 heterocycles. The summed E-state index contributed by atoms with van der Waals surface area (Å²) in [7, 11) is -4.56. The van der Waals surface area contributed by atoms with Gasteiger partial charge in [0.1, 0.15) is 5.52 Å². The first kappa shape index (κ1) is 9.45. The molecular formula is C7H4ClN2O3S-. The monoisotopic (exact) mass is 231 g/mol. The number of para-hydroxylation sites is 1. The van der Waals surface area contributed by atoms with Gasteiger partial charge in [0.05, 0.1) is 10.5 Å². The van der Waals surface area contributed by atoms with Crippen LogP contribution in [0, 0.1) is 0 Å². The van der Waals surface area contributed by atoms with E-state index >= 15 is 0 Å². The molecule has 2 rings (SSSR count). The van der Waals surface area contributed by atoms with Crippen LogP contribution in [0.25, 0.3) is 11.0 Å². The Bertz CT molecular complexity index is 590. The Hall–Kier alpha value is -1.11. The van der Waals surface area contributed by atoms with Gasteiger partial charge in [0.15, 0.2) is 10.1 Å². The molecule has 14 heavy (non-hydrogen) atoms. The number of aromatic amines is 1. The van der Waals surface area contributed by atoms with E-state index in [-0.39, 0.29) is 5.52 Å². The summed E-state index contributed by atoms with van der Waals surface area (Å²) < 4.78 is 31.9. The number of halogens is 1. The molecule has 0 saturated heterocycles. The third kappa shape index (κ3) is 1.47. The molecule has 0 unspecified atom stereocenters. The van der Waals surface area contributed by atoms with Crippen LogP contribution in [0.5, 0.6) is 0 Å². The molecule has 0 bridgehead atoms. The first-order valence-corrected chi connectivity index (χ1v) is 5.37. The van der Waals surface area contributed by atoms with Crippen LogP contribution in [0.3, 0.4) is 0 Å². The van der Waals surface area contributed by atoms with Gasteiger partial charge in [-0.05, 0) is 12.1 Å². The van der Waals surface area contributed by atoms with E-state index < -0.39 is 15.3 Å². The largest absolute Gasteiger partial charge is 0.742 e. The fourth-order valence-corrected chi connectivity index (χ4v) is 1.75. The Morgan fingerprint density at radius 1 is 1.43 bits per heavy atom. The Kier molecular flexibility index (Phi) is 1.99. The van der Waals surface area contributed by atoms with E-state index in [1.165, 1.54) is 0 Å². The normalized spacial score (nSPS) is 12.1. The summed E-state index contributed by atoms with van der Waals surface area (Å²) in [5, 5.41) is -0.311. The van der Waals surface area contributed by atoms with Crippen molar-refractivity contribution in [3.8, 4) is 0 Å². The molecule has 5 nitrogen and oxygen atoms in total. The zero-order valence-electron chi connectivity index (χ0n) is 6.69. The molecular weight excluding hydrogens is 228 g/mol. The van der Waals surface area contributed by atoms with Crippen molar-refractivity contribution >= 4 is 32.8 Å². The highest BCUT2D eigenvalue weighted by molar-refractivity contribution is 7.85. The molecule has 0 aliphatic rings. The molecule has 0 aliphatic heterocycles. The van der Waals surface area contributed by atoms with Gasteiger partial charge in [0.25, 0.3) is 0 Å². The maximum atomic E-state index is 10.6. The predicted molar refractivity (Wildman–Crippen MR) is 49.1 cm³/mol. The number of hydrogen-bond acceptors (Lipinski definition) is 4. The third-order valence-corrected chi connectivity index (χ3v) is 2.65. The van der Waals surface area contributed by atoms with Crippen LogP contribution in [-0.2, 0) is 10.1 Å². The number of rotatable bonds is 1. The van der Waals surface area contributed by atoms with Gasteiger partial charge in [-0.1, -0.05) is 17.7 Å². The fraction of sp³-hybridized carbons (Fsp3) is 0. The second-order valence-corrected chi connectivity index (χ2v) is 4.33. The number of imidazole rings is 1. The van der Waals surface area contributed by atoms with Crippen molar-refractivity contribution in [2.24, 2.45) is 0 Å². The number of benzene rings is 1. The molecule has 2 aromatic rings. The van der Waals surface area contributed by atoms with E-state index in [9.17, 15) is 13.0 Å². The van der Waals surface area contributed by atoms with Crippen molar-refractivity contribution in [2.45, 2.75) is 5.16 Å². The fourth-order valence-electron chi connectivity index (χ4n) is 1.09. The van der Waals surface area contributed by atoms with Gasteiger partial charge < -0.3 is 9.54 Å². The van der Waals surface area contributed by atoms with E-state index in [2.05, 4.69) is 9.97 Å². The van der Waals surface area contributed by atoms with Crippen LogP contribution in [0.4, 0.5) is 0 Å². The zero-order chi connectivity index (χ0) is 10.3. The lowest BCUT2D eigenvalue weighted by molar-refractivity contribution is 0.456. The first-order chi connectivity index (χ1) is 6.48. The number of hydrogen-bond donors (Lipinski definition) is 1. The smallest absolute Gasteiger partial charge is 0.213 e. The quantitative estimate of drug-likeness (QED) is 0.745. The van der Waals surface area contributed by atoms with Crippen molar-refractivity contribution in [3.05, 3.63) is 23.2 Å². The standard InChI is InChI=1S/C7H5ClN2O3S/c8-4-2-1-3-5-6(4)10-7(9-5)14(11,12)13/h1-3H,(H,9,10)(H,11,12,13)/p-1. The van der Waals surface area contributed by atoms with Crippen LogP contribution < -0.4 is 0 Å². The van der Waals surface area contributed by atoms with Crippen molar-refractivity contribution in [3.63, 3.8) is 0 Å². The lowest BCUT2D eigenvalue weighted by Gasteiger charge is -1.99. The summed E-state index contributed by atoms with van der Waals surface area (Å²) in [5.74, 6) is 0. The average Bonchev–Trinajstić information content (AvgIpc) is 2.48. The Balaban J connectivity index is 2.81. The molecule has 0 amide bonds. The molecule has 0 atom stereocenters. The SMILES string of the molecule is O=S(=O)([O-])c1nc2c(Cl)cccc2[nH]1. The Labute approximate surface area is 84.5 Å². The molecule has 1 aromatic heterocycles. The Morgan fingerprint density at radius 3 is 2.71 bits per heavy atom. The minimum atomic E-state index is -4.56. The van der Waals surface area contributed by atoms with Crippen molar-refractivity contribution in [1.82, 2.24) is 9.97 Å². The molecule has 0 aliphatic carbocycles. The maximum absolute atomic E-state index is 10.6. The Morgan fingerprint density at radius 2 is 2.14 bits per heavy atom. The summed E-state index contributed by atoms with van der Waals surface area (Å²) in [6.45, 7) is 0. The molecule has 74 valence electrons. The van der Waals surface area contributed by atoms with Crippen molar-refractivity contribution in [2.75, 3.05) is 0 Å². The number of H-pyrrole nitrogens is 1. The van der Waals surface area contributed by atoms with Crippen molar-refractivity contribution < 1.29 is 13.0 Å². The topological polar surface area (TPSA) is 85.9 Å². The van der Waals surface area contributed by atoms with Gasteiger partial charge in [0.2, 0.25) is 5.16 Å². The van der Waals surface area contributed by atoms with E-state index in [1.54, 1.807) is 18.2 Å². The van der Waals surface area contributed by atoms with Gasteiger partial charge in [-0.25, -0.2) is 13.4 Å². The van der Waals surface area contributed by atoms with Crippen LogP contribution in [0.2, 0.25) is 5.02 Å². The van der Waals surface area contributed by atoms with Gasteiger partial charge in [-0.2, -0.15) is 0 Å². The summed E-state index contributed by atoms with van der Waals surface area (Å²) in [5.41, 5.74) is 0.704. The molecule has 0 saturated carbocycles. The van der Waals surface area contributed by atoms with Gasteiger partial charge >= 0.3 is 0 Å². The van der Waals surface area contributed by atoms with Crippen LogP contribution in [0.1, 0.15) is 0 Å². The van der Waals surface area contributed by atoms with Crippen molar-refractivity contribution in [1.29, 1.82) is 0 Å². The van der Waals surface area contributed by atoms with Gasteiger partial charge in [-0.3, -0.25) is 0 Å². The minimum absolute atomic E-state index is 0.281. The van der Waals surface area contributed by atoms with E-state index in [1.807, 2.05) is 0 Å². The lowest BCUT2D eigenvalue weighted by Crippen LogP contribution is -2.00. The maximum Gasteiger partial charge on any atom is 0.213 e. The highest BCUT2D eigenvalue weighted by atomic mass is 35.5. The number of fused-ring (bicyclic) bond motifs is 1. The minimum Gasteiger partial charge on any atom is -0.742 e. The third-order valence-electron chi connectivity index (χ3n) is 1.68. The number of aromatic nitrogens is 2. The van der Waals surface area contributed by atoms with Gasteiger partial charge in [-0.15, -0.1) is 0 Å². The van der Waals surface area contributed by atoms with Crippen LogP contribution >= 0.6 is 11.6 Å². The second kappa shape index (κ2) is 2.94. The highest BCUT2D eigenvalue weighted by Crippen LogP contribution is 2.21. The van der Waals surface area contributed by atoms with E-state index in [0.29, 0.717) is 10.5 Å². The molecule has 1 N–H and O–H groups in total. The number of nitrogens with zero attached hydrogens (tertiary/aromatic N) is 1. The first-order valence-electron chi connectivity index (χ1n) is 3.58. The molecule has 0 fully saturated rings. The van der Waals surface area contributed by atoms with Gasteiger partial charge in [0, 0.05) is 0 Å². The lowest BCUT2D eigenvalue weighted by atomic mass is 10.3. The number of nitrogens with one attached hydrogen (secondary N) is 1. The van der Waals surface area contributed by atoms with E-state index in [0.717, 1.165) is 0 Å². The molecule has 0 radical (unpaired) electrons. The highest BCUT2D eigenvalue weighted by Gasteiger charge is 2.09. The van der Waals surface area contributed by atoms with Crippen LogP contribution in [-0.4, -0.2) is 22.9 Å². The molecule has 1 aromatic carbocycles. The summed E-state index contributed by atoms with van der Waals surface area (Å²) in [4.78, 5) is 5.98. The average molecular weight is 232 g/mol.